The first-order valence-electron chi connectivity index (χ1n) is 7.17. The van der Waals surface area contributed by atoms with Gasteiger partial charge in [0.15, 0.2) is 0 Å². The van der Waals surface area contributed by atoms with Gasteiger partial charge in [0.2, 0.25) is 0 Å². The van der Waals surface area contributed by atoms with Crippen molar-refractivity contribution >= 4 is 11.3 Å². The molecule has 1 aliphatic carbocycles. The molecule has 0 aliphatic heterocycles. The highest BCUT2D eigenvalue weighted by atomic mass is 32.1. The van der Waals surface area contributed by atoms with Crippen LogP contribution in [0.3, 0.4) is 0 Å². The van der Waals surface area contributed by atoms with Crippen LogP contribution in [-0.4, -0.2) is 17.1 Å². The first-order valence-corrected chi connectivity index (χ1v) is 8.05. The van der Waals surface area contributed by atoms with Crippen LogP contribution in [-0.2, 0) is 6.42 Å². The molecular weight excluding hydrogens is 240 g/mol. The second kappa shape index (κ2) is 6.16. The molecular formula is C15H26N2S. The maximum Gasteiger partial charge on any atom is 0.0794 e. The van der Waals surface area contributed by atoms with Crippen LogP contribution in [0.5, 0.6) is 0 Å². The number of nitrogens with zero attached hydrogens (tertiary/aromatic N) is 1. The molecule has 0 amide bonds. The molecule has 1 N–H and O–H groups in total. The molecule has 1 aromatic heterocycles. The van der Waals surface area contributed by atoms with Gasteiger partial charge in [-0.15, -0.1) is 11.3 Å². The summed E-state index contributed by atoms with van der Waals surface area (Å²) in [5.74, 6) is 1.70. The molecule has 102 valence electrons. The summed E-state index contributed by atoms with van der Waals surface area (Å²) in [4.78, 5) is 5.66. The Morgan fingerprint density at radius 1 is 1.28 bits per heavy atom. The smallest absolute Gasteiger partial charge is 0.0794 e. The van der Waals surface area contributed by atoms with Crippen molar-refractivity contribution in [2.45, 2.75) is 58.4 Å². The predicted molar refractivity (Wildman–Crippen MR) is 79.0 cm³/mol. The van der Waals surface area contributed by atoms with E-state index in [0.717, 1.165) is 11.8 Å². The van der Waals surface area contributed by atoms with E-state index in [1.54, 1.807) is 0 Å². The Balaban J connectivity index is 1.89. The zero-order valence-electron chi connectivity index (χ0n) is 11.9. The summed E-state index contributed by atoms with van der Waals surface area (Å²) in [6.07, 6.45) is 8.90. The van der Waals surface area contributed by atoms with Gasteiger partial charge in [0, 0.05) is 16.6 Å². The molecule has 1 fully saturated rings. The van der Waals surface area contributed by atoms with Gasteiger partial charge in [0.25, 0.3) is 0 Å². The Morgan fingerprint density at radius 3 is 2.61 bits per heavy atom. The summed E-state index contributed by atoms with van der Waals surface area (Å²) in [5, 5.41) is 3.69. The fraction of sp³-hybridized carbons (Fsp3) is 0.800. The van der Waals surface area contributed by atoms with Gasteiger partial charge < -0.3 is 5.32 Å². The molecule has 2 atom stereocenters. The van der Waals surface area contributed by atoms with Gasteiger partial charge in [-0.1, -0.05) is 12.8 Å². The van der Waals surface area contributed by atoms with Crippen LogP contribution in [0.1, 0.15) is 51.3 Å². The maximum absolute atomic E-state index is 4.20. The molecule has 18 heavy (non-hydrogen) atoms. The number of nitrogens with one attached hydrogen (secondary N) is 1. The molecule has 1 heterocycles. The lowest BCUT2D eigenvalue weighted by Crippen LogP contribution is -2.41. The molecule has 3 heteroatoms. The van der Waals surface area contributed by atoms with E-state index in [1.165, 1.54) is 43.5 Å². The highest BCUT2D eigenvalue weighted by molar-refractivity contribution is 7.09. The normalized spacial score (nSPS) is 25.3. The average molecular weight is 266 g/mol. The highest BCUT2D eigenvalue weighted by Crippen LogP contribution is 2.33. The standard InChI is InChI=1S/C15H26N2S/c1-15(2,3)17-9-13-7-5-4-6-12(13)8-14-10-16-11-18-14/h10-13,17H,4-9H2,1-3H3. The first-order chi connectivity index (χ1) is 8.54. The summed E-state index contributed by atoms with van der Waals surface area (Å²) in [7, 11) is 0. The third-order valence-corrected chi connectivity index (χ3v) is 4.71. The summed E-state index contributed by atoms with van der Waals surface area (Å²) < 4.78 is 0. The predicted octanol–water partition coefficient (Wildman–Crippen LogP) is 3.88. The van der Waals surface area contributed by atoms with E-state index in [1.807, 2.05) is 23.0 Å². The Labute approximate surface area is 115 Å². The second-order valence-electron chi connectivity index (χ2n) is 6.61. The number of rotatable bonds is 4. The van der Waals surface area contributed by atoms with E-state index in [4.69, 9.17) is 0 Å². The summed E-state index contributed by atoms with van der Waals surface area (Å²) in [6, 6.07) is 0. The van der Waals surface area contributed by atoms with Gasteiger partial charge in [0.1, 0.15) is 0 Å². The van der Waals surface area contributed by atoms with Crippen LogP contribution >= 0.6 is 11.3 Å². The Morgan fingerprint density at radius 2 is 2.00 bits per heavy atom. The fourth-order valence-electron chi connectivity index (χ4n) is 2.86. The van der Waals surface area contributed by atoms with E-state index in [-0.39, 0.29) is 5.54 Å². The largest absolute Gasteiger partial charge is 0.312 e. The third kappa shape index (κ3) is 4.36. The topological polar surface area (TPSA) is 24.9 Å². The molecule has 1 saturated carbocycles. The quantitative estimate of drug-likeness (QED) is 0.894. The molecule has 2 unspecified atom stereocenters. The van der Waals surface area contributed by atoms with Crippen molar-refractivity contribution in [1.82, 2.24) is 10.3 Å². The van der Waals surface area contributed by atoms with Crippen LogP contribution in [0.2, 0.25) is 0 Å². The molecule has 0 radical (unpaired) electrons. The maximum atomic E-state index is 4.20. The van der Waals surface area contributed by atoms with Gasteiger partial charge in [-0.3, -0.25) is 4.98 Å². The number of hydrogen-bond donors (Lipinski definition) is 1. The number of aromatic nitrogens is 1. The molecule has 1 aromatic rings. The Bertz CT molecular complexity index is 340. The van der Waals surface area contributed by atoms with E-state index in [9.17, 15) is 0 Å². The average Bonchev–Trinajstić information content (AvgIpc) is 2.80. The summed E-state index contributed by atoms with van der Waals surface area (Å²) in [6.45, 7) is 7.95. The molecule has 0 bridgehead atoms. The lowest BCUT2D eigenvalue weighted by Gasteiger charge is -2.34. The van der Waals surface area contributed by atoms with Crippen LogP contribution in [0.15, 0.2) is 11.7 Å². The van der Waals surface area contributed by atoms with Gasteiger partial charge in [-0.05, 0) is 58.4 Å². The lowest BCUT2D eigenvalue weighted by molar-refractivity contribution is 0.214. The van der Waals surface area contributed by atoms with Gasteiger partial charge in [-0.2, -0.15) is 0 Å². The monoisotopic (exact) mass is 266 g/mol. The SMILES string of the molecule is CC(C)(C)NCC1CCCCC1Cc1cncs1. The molecule has 0 spiro atoms. The lowest BCUT2D eigenvalue weighted by atomic mass is 9.77. The molecule has 2 rings (SSSR count). The van der Waals surface area contributed by atoms with Crippen molar-refractivity contribution in [3.63, 3.8) is 0 Å². The molecule has 0 saturated heterocycles. The van der Waals surface area contributed by atoms with Gasteiger partial charge in [-0.25, -0.2) is 0 Å². The fourth-order valence-corrected chi connectivity index (χ4v) is 3.55. The van der Waals surface area contributed by atoms with Crippen molar-refractivity contribution in [2.24, 2.45) is 11.8 Å². The van der Waals surface area contributed by atoms with E-state index in [2.05, 4.69) is 31.1 Å². The molecule has 1 aliphatic rings. The van der Waals surface area contributed by atoms with Crippen LogP contribution in [0, 0.1) is 11.8 Å². The van der Waals surface area contributed by atoms with Crippen LogP contribution < -0.4 is 5.32 Å². The van der Waals surface area contributed by atoms with E-state index < -0.39 is 0 Å². The van der Waals surface area contributed by atoms with E-state index >= 15 is 0 Å². The minimum Gasteiger partial charge on any atom is -0.312 e. The van der Waals surface area contributed by atoms with E-state index in [0.29, 0.717) is 0 Å². The zero-order valence-corrected chi connectivity index (χ0v) is 12.7. The Hall–Kier alpha value is -0.410. The summed E-state index contributed by atoms with van der Waals surface area (Å²) in [5.41, 5.74) is 2.20. The number of thiazole rings is 1. The minimum atomic E-state index is 0.243. The van der Waals surface area contributed by atoms with Crippen LogP contribution in [0.4, 0.5) is 0 Å². The van der Waals surface area contributed by atoms with Crippen molar-refractivity contribution in [1.29, 1.82) is 0 Å². The summed E-state index contributed by atoms with van der Waals surface area (Å²) >= 11 is 1.81. The molecule has 2 nitrogen and oxygen atoms in total. The van der Waals surface area contributed by atoms with Crippen molar-refractivity contribution in [3.05, 3.63) is 16.6 Å². The Kier molecular flexibility index (Phi) is 4.79. The van der Waals surface area contributed by atoms with Gasteiger partial charge >= 0.3 is 0 Å². The first kappa shape index (κ1) is 14.0. The third-order valence-electron chi connectivity index (χ3n) is 3.91. The minimum absolute atomic E-state index is 0.243. The second-order valence-corrected chi connectivity index (χ2v) is 7.58. The number of hydrogen-bond acceptors (Lipinski definition) is 3. The molecule has 0 aromatic carbocycles. The zero-order chi connectivity index (χ0) is 13.0. The van der Waals surface area contributed by atoms with Gasteiger partial charge in [0.05, 0.1) is 5.51 Å². The van der Waals surface area contributed by atoms with Crippen molar-refractivity contribution in [2.75, 3.05) is 6.54 Å². The highest BCUT2D eigenvalue weighted by Gasteiger charge is 2.26. The van der Waals surface area contributed by atoms with Crippen LogP contribution in [0.25, 0.3) is 0 Å². The van der Waals surface area contributed by atoms with Crippen molar-refractivity contribution < 1.29 is 0 Å². The van der Waals surface area contributed by atoms with Crippen molar-refractivity contribution in [3.8, 4) is 0 Å².